The van der Waals surface area contributed by atoms with Crippen molar-refractivity contribution < 1.29 is 9.66 Å². The third-order valence-corrected chi connectivity index (χ3v) is 4.00. The number of aromatic nitrogens is 3. The van der Waals surface area contributed by atoms with E-state index in [1.165, 1.54) is 17.0 Å². The molecule has 1 N–H and O–H groups in total. The number of H-pyrrole nitrogens is 1. The largest absolute Gasteiger partial charge is 0.494 e. The van der Waals surface area contributed by atoms with Gasteiger partial charge in [0.05, 0.1) is 17.1 Å². The first kappa shape index (κ1) is 19.2. The highest BCUT2D eigenvalue weighted by Gasteiger charge is 2.10. The number of hydrogen-bond donors (Lipinski definition) is 1. The van der Waals surface area contributed by atoms with Gasteiger partial charge in [0.2, 0.25) is 4.77 Å². The lowest BCUT2D eigenvalue weighted by atomic mass is 10.2. The number of hydrogen-bond acceptors (Lipinski definition) is 6. The number of allylic oxidation sites excluding steroid dienone is 1. The zero-order valence-corrected chi connectivity index (χ0v) is 15.8. The molecular formula is C19H17N5O3S. The van der Waals surface area contributed by atoms with Crippen molar-refractivity contribution in [3.63, 3.8) is 0 Å². The van der Waals surface area contributed by atoms with Crippen LogP contribution in [0.5, 0.6) is 5.75 Å². The molecule has 3 aromatic rings. The van der Waals surface area contributed by atoms with Crippen LogP contribution in [0.25, 0.3) is 17.5 Å². The summed E-state index contributed by atoms with van der Waals surface area (Å²) in [5.74, 6) is 1.25. The van der Waals surface area contributed by atoms with Crippen LogP contribution in [-0.2, 0) is 0 Å². The molecule has 0 aliphatic rings. The van der Waals surface area contributed by atoms with Gasteiger partial charge in [-0.15, -0.1) is 0 Å². The van der Waals surface area contributed by atoms with Gasteiger partial charge < -0.3 is 4.74 Å². The zero-order chi connectivity index (χ0) is 19.9. The first-order valence-electron chi connectivity index (χ1n) is 8.45. The topological polar surface area (TPSA) is 98.3 Å². The molecule has 1 aromatic heterocycles. The molecule has 0 unspecified atom stereocenters. The highest BCUT2D eigenvalue weighted by atomic mass is 32.1. The summed E-state index contributed by atoms with van der Waals surface area (Å²) in [5, 5.41) is 22.3. The van der Waals surface area contributed by atoms with Crippen LogP contribution >= 0.6 is 12.2 Å². The molecule has 142 valence electrons. The lowest BCUT2D eigenvalue weighted by molar-refractivity contribution is -0.385. The molecule has 0 aliphatic carbocycles. The summed E-state index contributed by atoms with van der Waals surface area (Å²) in [6, 6.07) is 13.9. The van der Waals surface area contributed by atoms with Crippen LogP contribution in [-0.4, -0.2) is 32.6 Å². The van der Waals surface area contributed by atoms with Gasteiger partial charge in [-0.1, -0.05) is 24.3 Å². The number of nitro groups is 1. The summed E-state index contributed by atoms with van der Waals surface area (Å²) in [7, 11) is 0. The summed E-state index contributed by atoms with van der Waals surface area (Å²) in [4.78, 5) is 10.6. The minimum Gasteiger partial charge on any atom is -0.494 e. The fraction of sp³-hybridized carbons (Fsp3) is 0.105. The maximum atomic E-state index is 11.1. The molecule has 1 heterocycles. The Morgan fingerprint density at radius 2 is 2.14 bits per heavy atom. The highest BCUT2D eigenvalue weighted by molar-refractivity contribution is 7.71. The van der Waals surface area contributed by atoms with Crippen LogP contribution in [0.15, 0.2) is 59.7 Å². The molecule has 0 saturated heterocycles. The van der Waals surface area contributed by atoms with Crippen molar-refractivity contribution in [1.29, 1.82) is 0 Å². The number of aromatic amines is 1. The van der Waals surface area contributed by atoms with E-state index in [0.29, 0.717) is 22.8 Å². The molecule has 8 nitrogen and oxygen atoms in total. The van der Waals surface area contributed by atoms with Crippen molar-refractivity contribution in [2.75, 3.05) is 6.61 Å². The van der Waals surface area contributed by atoms with E-state index in [9.17, 15) is 10.1 Å². The molecule has 3 rings (SSSR count). The fourth-order valence-electron chi connectivity index (χ4n) is 2.52. The average molecular weight is 395 g/mol. The molecule has 0 fully saturated rings. The van der Waals surface area contributed by atoms with E-state index >= 15 is 0 Å². The number of rotatable bonds is 7. The van der Waals surface area contributed by atoms with E-state index < -0.39 is 4.92 Å². The summed E-state index contributed by atoms with van der Waals surface area (Å²) >= 11 is 5.24. The quantitative estimate of drug-likeness (QED) is 0.276. The number of nitrogens with one attached hydrogen (secondary N) is 1. The second kappa shape index (κ2) is 8.87. The van der Waals surface area contributed by atoms with Crippen molar-refractivity contribution >= 4 is 30.2 Å². The van der Waals surface area contributed by atoms with Crippen LogP contribution in [0.3, 0.4) is 0 Å². The third kappa shape index (κ3) is 4.38. The Kier molecular flexibility index (Phi) is 6.07. The molecule has 9 heteroatoms. The Morgan fingerprint density at radius 1 is 1.32 bits per heavy atom. The zero-order valence-electron chi connectivity index (χ0n) is 15.0. The van der Waals surface area contributed by atoms with E-state index in [0.717, 1.165) is 11.3 Å². The van der Waals surface area contributed by atoms with E-state index in [4.69, 9.17) is 17.0 Å². The first-order valence-corrected chi connectivity index (χ1v) is 8.86. The van der Waals surface area contributed by atoms with Gasteiger partial charge in [-0.2, -0.15) is 14.9 Å². The predicted molar refractivity (Wildman–Crippen MR) is 110 cm³/mol. The smallest absolute Gasteiger partial charge is 0.276 e. The standard InChI is InChI=1S/C19H17N5O3S/c1-2-27-16-10-5-8-15(13-16)18-21-22-19(28)23(18)20-12-6-9-14-7-3-4-11-17(14)24(25)26/h3-13H,2H2,1H3,(H,22,28)/b9-6+,20-12-. The van der Waals surface area contributed by atoms with E-state index in [1.807, 2.05) is 31.2 Å². The van der Waals surface area contributed by atoms with Crippen molar-refractivity contribution in [2.24, 2.45) is 5.10 Å². The minimum absolute atomic E-state index is 0.0282. The minimum atomic E-state index is -0.424. The van der Waals surface area contributed by atoms with Gasteiger partial charge in [0, 0.05) is 17.8 Å². The van der Waals surface area contributed by atoms with Crippen molar-refractivity contribution in [1.82, 2.24) is 14.9 Å². The van der Waals surface area contributed by atoms with Gasteiger partial charge in [0.25, 0.3) is 5.69 Å². The second-order valence-corrected chi connectivity index (χ2v) is 5.95. The van der Waals surface area contributed by atoms with Crippen LogP contribution in [0.2, 0.25) is 0 Å². The highest BCUT2D eigenvalue weighted by Crippen LogP contribution is 2.22. The molecule has 0 saturated carbocycles. The van der Waals surface area contributed by atoms with Crippen molar-refractivity contribution in [3.8, 4) is 17.1 Å². The summed E-state index contributed by atoms with van der Waals surface area (Å²) in [6.45, 7) is 2.47. The van der Waals surface area contributed by atoms with Crippen molar-refractivity contribution in [3.05, 3.63) is 75.1 Å². The molecule has 0 radical (unpaired) electrons. The maximum Gasteiger partial charge on any atom is 0.276 e. The summed E-state index contributed by atoms with van der Waals surface area (Å²) in [5.41, 5.74) is 1.30. The van der Waals surface area contributed by atoms with Gasteiger partial charge in [0.1, 0.15) is 5.75 Å². The van der Waals surface area contributed by atoms with Gasteiger partial charge >= 0.3 is 0 Å². The monoisotopic (exact) mass is 395 g/mol. The van der Waals surface area contributed by atoms with E-state index in [1.54, 1.807) is 30.4 Å². The summed E-state index contributed by atoms with van der Waals surface area (Å²) < 4.78 is 7.32. The molecular weight excluding hydrogens is 378 g/mol. The number of nitrogens with zero attached hydrogens (tertiary/aromatic N) is 4. The fourth-order valence-corrected chi connectivity index (χ4v) is 2.70. The molecule has 2 aromatic carbocycles. The summed E-state index contributed by atoms with van der Waals surface area (Å²) in [6.07, 6.45) is 4.72. The van der Waals surface area contributed by atoms with Crippen LogP contribution < -0.4 is 4.74 Å². The van der Waals surface area contributed by atoms with Gasteiger partial charge in [0.15, 0.2) is 5.82 Å². The Morgan fingerprint density at radius 3 is 2.93 bits per heavy atom. The van der Waals surface area contributed by atoms with E-state index in [2.05, 4.69) is 15.3 Å². The van der Waals surface area contributed by atoms with Crippen LogP contribution in [0, 0.1) is 14.9 Å². The van der Waals surface area contributed by atoms with E-state index in [-0.39, 0.29) is 5.69 Å². The number of ether oxygens (including phenoxy) is 1. The number of para-hydroxylation sites is 1. The number of benzene rings is 2. The molecule has 0 atom stereocenters. The Balaban J connectivity index is 1.86. The molecule has 0 bridgehead atoms. The predicted octanol–water partition coefficient (Wildman–Crippen LogP) is 4.46. The Labute approximate surface area is 165 Å². The Hall–Kier alpha value is -3.59. The van der Waals surface area contributed by atoms with Crippen LogP contribution in [0.4, 0.5) is 5.69 Å². The molecule has 0 aliphatic heterocycles. The molecule has 28 heavy (non-hydrogen) atoms. The van der Waals surface area contributed by atoms with Gasteiger partial charge in [-0.25, -0.2) is 5.10 Å². The van der Waals surface area contributed by atoms with Crippen LogP contribution in [0.1, 0.15) is 12.5 Å². The molecule has 0 spiro atoms. The van der Waals surface area contributed by atoms with Gasteiger partial charge in [-0.3, -0.25) is 10.1 Å². The normalized spacial score (nSPS) is 11.3. The Bertz CT molecular complexity index is 1100. The van der Waals surface area contributed by atoms with Crippen molar-refractivity contribution in [2.45, 2.75) is 6.92 Å². The molecule has 0 amide bonds. The second-order valence-electron chi connectivity index (χ2n) is 5.56. The third-order valence-electron chi connectivity index (χ3n) is 3.73. The van der Waals surface area contributed by atoms with Gasteiger partial charge in [-0.05, 0) is 49.5 Å². The lowest BCUT2D eigenvalue weighted by Gasteiger charge is -2.05. The first-order chi connectivity index (χ1) is 13.6. The lowest BCUT2D eigenvalue weighted by Crippen LogP contribution is -1.95. The SMILES string of the molecule is CCOc1cccc(-c2n[nH]c(=S)n2/N=C\C=C\c2ccccc2[N+](=O)[O-])c1. The average Bonchev–Trinajstić information content (AvgIpc) is 3.06. The maximum absolute atomic E-state index is 11.1. The number of nitro benzene ring substituents is 1.